The third kappa shape index (κ3) is 2.48. The molecule has 0 spiro atoms. The van der Waals surface area contributed by atoms with Gasteiger partial charge in [-0.2, -0.15) is 0 Å². The quantitative estimate of drug-likeness (QED) is 0.816. The normalized spacial score (nSPS) is 12.5. The van der Waals surface area contributed by atoms with E-state index in [1.54, 1.807) is 0 Å². The van der Waals surface area contributed by atoms with Crippen molar-refractivity contribution in [2.45, 2.75) is 12.6 Å². The largest absolute Gasteiger partial charge is 0.479 e. The molecular weight excluding hydrogens is 197 g/mol. The van der Waals surface area contributed by atoms with E-state index in [1.165, 1.54) is 0 Å². The van der Waals surface area contributed by atoms with Gasteiger partial charge in [0.05, 0.1) is 0 Å². The maximum atomic E-state index is 12.6. The zero-order valence-corrected chi connectivity index (χ0v) is 7.01. The maximum absolute atomic E-state index is 12.6. The van der Waals surface area contributed by atoms with Gasteiger partial charge in [0.25, 0.3) is 0 Å². The van der Waals surface area contributed by atoms with E-state index in [9.17, 15) is 18.0 Å². The predicted molar refractivity (Wildman–Crippen MR) is 42.6 cm³/mol. The Balaban J connectivity index is 2.78. The molecule has 0 aliphatic carbocycles. The van der Waals surface area contributed by atoms with Crippen LogP contribution in [0, 0.1) is 11.6 Å². The van der Waals surface area contributed by atoms with Gasteiger partial charge in [-0.3, -0.25) is 0 Å². The summed E-state index contributed by atoms with van der Waals surface area (Å²) >= 11 is 0. The van der Waals surface area contributed by atoms with Crippen molar-refractivity contribution in [1.29, 1.82) is 0 Å². The highest BCUT2D eigenvalue weighted by Crippen LogP contribution is 2.11. The van der Waals surface area contributed by atoms with Crippen molar-refractivity contribution in [3.05, 3.63) is 35.4 Å². The molecule has 0 radical (unpaired) electrons. The van der Waals surface area contributed by atoms with E-state index in [0.29, 0.717) is 0 Å². The molecule has 0 saturated carbocycles. The second-order valence-electron chi connectivity index (χ2n) is 2.76. The van der Waals surface area contributed by atoms with Crippen molar-refractivity contribution >= 4 is 5.97 Å². The van der Waals surface area contributed by atoms with Crippen LogP contribution in [0.3, 0.4) is 0 Å². The summed E-state index contributed by atoms with van der Waals surface area (Å²) in [6.07, 6.45) is -2.56. The minimum absolute atomic E-state index is 0.110. The van der Waals surface area contributed by atoms with Crippen molar-refractivity contribution in [2.75, 3.05) is 0 Å². The molecule has 1 N–H and O–H groups in total. The van der Waals surface area contributed by atoms with E-state index < -0.39 is 30.2 Å². The fourth-order valence-electron chi connectivity index (χ4n) is 0.961. The monoisotopic (exact) mass is 204 g/mol. The zero-order chi connectivity index (χ0) is 10.7. The van der Waals surface area contributed by atoms with Gasteiger partial charge < -0.3 is 5.11 Å². The lowest BCUT2D eigenvalue weighted by Gasteiger charge is -2.03. The Kier molecular flexibility index (Phi) is 3.11. The topological polar surface area (TPSA) is 37.3 Å². The number of carboxylic acid groups (broad SMARTS) is 1. The molecule has 0 aromatic heterocycles. The third-order valence-electron chi connectivity index (χ3n) is 1.67. The minimum Gasteiger partial charge on any atom is -0.479 e. The average molecular weight is 204 g/mol. The third-order valence-corrected chi connectivity index (χ3v) is 1.67. The van der Waals surface area contributed by atoms with Crippen LogP contribution >= 0.6 is 0 Å². The van der Waals surface area contributed by atoms with Crippen LogP contribution in [0.5, 0.6) is 0 Å². The van der Waals surface area contributed by atoms with Crippen LogP contribution in [0.1, 0.15) is 5.56 Å². The van der Waals surface area contributed by atoms with Crippen molar-refractivity contribution in [1.82, 2.24) is 0 Å². The molecule has 0 bridgehead atoms. The smallest absolute Gasteiger partial charge is 0.338 e. The highest BCUT2D eigenvalue weighted by molar-refractivity contribution is 5.72. The lowest BCUT2D eigenvalue weighted by Crippen LogP contribution is -2.17. The van der Waals surface area contributed by atoms with Crippen LogP contribution in [-0.4, -0.2) is 17.2 Å². The Morgan fingerprint density at radius 2 is 2.00 bits per heavy atom. The molecule has 2 nitrogen and oxygen atoms in total. The number of hydrogen-bond acceptors (Lipinski definition) is 1. The van der Waals surface area contributed by atoms with E-state index in [4.69, 9.17) is 5.11 Å². The second-order valence-corrected chi connectivity index (χ2v) is 2.76. The molecule has 1 atom stereocenters. The van der Waals surface area contributed by atoms with Crippen LogP contribution in [0.2, 0.25) is 0 Å². The number of halogens is 3. The van der Waals surface area contributed by atoms with Crippen LogP contribution in [-0.2, 0) is 11.2 Å². The van der Waals surface area contributed by atoms with Gasteiger partial charge in [-0.05, 0) is 17.7 Å². The molecule has 76 valence electrons. The molecular formula is C9H7F3O2. The van der Waals surface area contributed by atoms with Crippen LogP contribution < -0.4 is 0 Å². The average Bonchev–Trinajstić information content (AvgIpc) is 2.11. The number of carboxylic acids is 1. The first kappa shape index (κ1) is 10.6. The van der Waals surface area contributed by atoms with Crippen LogP contribution in [0.15, 0.2) is 18.2 Å². The summed E-state index contributed by atoms with van der Waals surface area (Å²) in [5, 5.41) is 8.22. The highest BCUT2D eigenvalue weighted by Gasteiger charge is 2.16. The molecule has 5 heteroatoms. The fraction of sp³-hybridized carbons (Fsp3) is 0.222. The number of rotatable bonds is 3. The SMILES string of the molecule is O=C(O)C(F)Cc1ccc(F)c(F)c1. The minimum atomic E-state index is -2.10. The summed E-state index contributed by atoms with van der Waals surface area (Å²) in [4.78, 5) is 10.1. The van der Waals surface area contributed by atoms with Gasteiger partial charge in [0.2, 0.25) is 6.17 Å². The summed E-state index contributed by atoms with van der Waals surface area (Å²) < 4.78 is 37.6. The Bertz CT molecular complexity index is 352. The van der Waals surface area contributed by atoms with Gasteiger partial charge in [0.1, 0.15) is 0 Å². The number of aliphatic carboxylic acids is 1. The summed E-state index contributed by atoms with van der Waals surface area (Å²) in [6, 6.07) is 2.76. The molecule has 0 heterocycles. The molecule has 0 aliphatic heterocycles. The van der Waals surface area contributed by atoms with E-state index in [0.717, 1.165) is 18.2 Å². The molecule has 14 heavy (non-hydrogen) atoms. The van der Waals surface area contributed by atoms with E-state index in [-0.39, 0.29) is 5.56 Å². The summed E-state index contributed by atoms with van der Waals surface area (Å²) in [6.45, 7) is 0. The summed E-state index contributed by atoms with van der Waals surface area (Å²) in [5.74, 6) is -3.77. The molecule has 0 saturated heterocycles. The molecule has 1 unspecified atom stereocenters. The van der Waals surface area contributed by atoms with Gasteiger partial charge in [-0.1, -0.05) is 6.07 Å². The molecule has 1 aromatic carbocycles. The lowest BCUT2D eigenvalue weighted by atomic mass is 10.1. The summed E-state index contributed by atoms with van der Waals surface area (Å²) in [7, 11) is 0. The molecule has 1 aromatic rings. The molecule has 0 fully saturated rings. The molecule has 0 amide bonds. The van der Waals surface area contributed by atoms with Gasteiger partial charge in [-0.15, -0.1) is 0 Å². The molecule has 0 aliphatic rings. The maximum Gasteiger partial charge on any atom is 0.338 e. The van der Waals surface area contributed by atoms with Crippen LogP contribution in [0.25, 0.3) is 0 Å². The molecule has 1 rings (SSSR count). The van der Waals surface area contributed by atoms with Crippen molar-refractivity contribution in [3.8, 4) is 0 Å². The fourth-order valence-corrected chi connectivity index (χ4v) is 0.961. The summed E-state index contributed by atoms with van der Waals surface area (Å²) in [5.41, 5.74) is 0.110. The number of hydrogen-bond donors (Lipinski definition) is 1. The first-order valence-corrected chi connectivity index (χ1v) is 3.81. The van der Waals surface area contributed by atoms with E-state index in [2.05, 4.69) is 0 Å². The standard InChI is InChI=1S/C9H7F3O2/c10-6-2-1-5(3-7(6)11)4-8(12)9(13)14/h1-3,8H,4H2,(H,13,14). The van der Waals surface area contributed by atoms with Crippen molar-refractivity contribution in [2.24, 2.45) is 0 Å². The van der Waals surface area contributed by atoms with E-state index in [1.807, 2.05) is 0 Å². The predicted octanol–water partition coefficient (Wildman–Crippen LogP) is 1.93. The van der Waals surface area contributed by atoms with Gasteiger partial charge in [0, 0.05) is 6.42 Å². The van der Waals surface area contributed by atoms with Crippen LogP contribution in [0.4, 0.5) is 13.2 Å². The van der Waals surface area contributed by atoms with Crippen molar-refractivity contribution in [3.63, 3.8) is 0 Å². The van der Waals surface area contributed by atoms with E-state index >= 15 is 0 Å². The lowest BCUT2D eigenvalue weighted by molar-refractivity contribution is -0.142. The Hall–Kier alpha value is -1.52. The Morgan fingerprint density at radius 1 is 1.36 bits per heavy atom. The van der Waals surface area contributed by atoms with Gasteiger partial charge >= 0.3 is 5.97 Å². The first-order chi connectivity index (χ1) is 6.50. The highest BCUT2D eigenvalue weighted by atomic mass is 19.2. The Morgan fingerprint density at radius 3 is 2.50 bits per heavy atom. The van der Waals surface area contributed by atoms with Gasteiger partial charge in [-0.25, -0.2) is 18.0 Å². The first-order valence-electron chi connectivity index (χ1n) is 3.81. The number of alkyl halides is 1. The second kappa shape index (κ2) is 4.13. The zero-order valence-electron chi connectivity index (χ0n) is 7.01. The van der Waals surface area contributed by atoms with Gasteiger partial charge in [0.15, 0.2) is 11.6 Å². The van der Waals surface area contributed by atoms with Crippen molar-refractivity contribution < 1.29 is 23.1 Å². The number of carbonyl (C=O) groups is 1. The Labute approximate surface area is 78.0 Å². The number of benzene rings is 1.